The van der Waals surface area contributed by atoms with Gasteiger partial charge in [0.15, 0.2) is 0 Å². The zero-order chi connectivity index (χ0) is 14.9. The number of benzene rings is 1. The summed E-state index contributed by atoms with van der Waals surface area (Å²) in [5.74, 6) is -0.688. The highest BCUT2D eigenvalue weighted by Crippen LogP contribution is 2.30. The topological polar surface area (TPSA) is 58.4 Å². The number of primary amides is 1. The fourth-order valence-electron chi connectivity index (χ4n) is 2.83. The lowest BCUT2D eigenvalue weighted by atomic mass is 9.82. The van der Waals surface area contributed by atoms with Gasteiger partial charge < -0.3 is 16.0 Å². The maximum Gasteiger partial charge on any atom is 0.243 e. The van der Waals surface area contributed by atoms with Crippen LogP contribution < -0.4 is 11.1 Å². The average molecular weight is 279 g/mol. The molecular formula is C15H22FN3O. The van der Waals surface area contributed by atoms with Crippen molar-refractivity contribution in [3.63, 3.8) is 0 Å². The van der Waals surface area contributed by atoms with Crippen LogP contribution in [-0.4, -0.2) is 36.0 Å². The zero-order valence-corrected chi connectivity index (χ0v) is 12.2. The molecule has 4 nitrogen and oxygen atoms in total. The highest BCUT2D eigenvalue weighted by Gasteiger charge is 2.42. The summed E-state index contributed by atoms with van der Waals surface area (Å²) in [5, 5.41) is 3.19. The predicted octanol–water partition coefficient (Wildman–Crippen LogP) is 1.88. The molecule has 0 aromatic heterocycles. The molecule has 2 unspecified atom stereocenters. The molecule has 0 radical (unpaired) electrons. The molecule has 1 aromatic rings. The van der Waals surface area contributed by atoms with Crippen molar-refractivity contribution < 1.29 is 9.18 Å². The first-order valence-electron chi connectivity index (χ1n) is 6.88. The lowest BCUT2D eigenvalue weighted by Gasteiger charge is -2.43. The molecule has 3 N–H and O–H groups in total. The number of likely N-dealkylation sites (tertiary alicyclic amines) is 1. The number of anilines is 1. The summed E-state index contributed by atoms with van der Waals surface area (Å²) in [5.41, 5.74) is 6.24. The molecule has 1 amide bonds. The summed E-state index contributed by atoms with van der Waals surface area (Å²) in [6, 6.07) is 4.94. The Labute approximate surface area is 119 Å². The Morgan fingerprint density at radius 3 is 2.75 bits per heavy atom. The summed E-state index contributed by atoms with van der Waals surface area (Å²) in [4.78, 5) is 14.1. The Kier molecular flexibility index (Phi) is 3.99. The quantitative estimate of drug-likeness (QED) is 0.888. The van der Waals surface area contributed by atoms with Crippen molar-refractivity contribution in [3.05, 3.63) is 29.6 Å². The molecule has 0 aliphatic carbocycles. The second-order valence-electron chi connectivity index (χ2n) is 5.87. The van der Waals surface area contributed by atoms with Gasteiger partial charge in [-0.2, -0.15) is 0 Å². The molecule has 1 fully saturated rings. The number of rotatable bonds is 3. The minimum absolute atomic E-state index is 0.249. The van der Waals surface area contributed by atoms with Crippen LogP contribution in [0.2, 0.25) is 0 Å². The predicted molar refractivity (Wildman–Crippen MR) is 78.0 cm³/mol. The lowest BCUT2D eigenvalue weighted by Crippen LogP contribution is -2.59. The highest BCUT2D eigenvalue weighted by atomic mass is 19.1. The fraction of sp³-hybridized carbons (Fsp3) is 0.533. The van der Waals surface area contributed by atoms with E-state index in [1.807, 2.05) is 20.0 Å². The number of aryl methyl sites for hydroxylation is 1. The average Bonchev–Trinajstić information content (AvgIpc) is 2.32. The SMILES string of the molecule is Cc1cc(F)cc(NC2(C(N)=O)CCN(C)C(C)C2)c1. The molecule has 1 aromatic carbocycles. The van der Waals surface area contributed by atoms with Gasteiger partial charge in [0.05, 0.1) is 0 Å². The minimum atomic E-state index is -0.799. The van der Waals surface area contributed by atoms with Gasteiger partial charge in [-0.25, -0.2) is 4.39 Å². The molecule has 1 aliphatic heterocycles. The van der Waals surface area contributed by atoms with Gasteiger partial charge in [-0.3, -0.25) is 4.79 Å². The normalized spacial score (nSPS) is 27.3. The van der Waals surface area contributed by atoms with E-state index < -0.39 is 5.54 Å². The van der Waals surface area contributed by atoms with Crippen molar-refractivity contribution in [1.29, 1.82) is 0 Å². The van der Waals surface area contributed by atoms with Gasteiger partial charge in [-0.05, 0) is 57.5 Å². The van der Waals surface area contributed by atoms with E-state index in [1.165, 1.54) is 12.1 Å². The van der Waals surface area contributed by atoms with Crippen LogP contribution in [0.15, 0.2) is 18.2 Å². The number of nitrogens with one attached hydrogen (secondary N) is 1. The Morgan fingerprint density at radius 2 is 2.20 bits per heavy atom. The molecule has 110 valence electrons. The number of piperidine rings is 1. The van der Waals surface area contributed by atoms with E-state index in [0.29, 0.717) is 18.5 Å². The maximum atomic E-state index is 13.5. The van der Waals surface area contributed by atoms with Crippen LogP contribution in [0, 0.1) is 12.7 Å². The number of nitrogens with zero attached hydrogens (tertiary/aromatic N) is 1. The summed E-state index contributed by atoms with van der Waals surface area (Å²) in [6.45, 7) is 4.67. The van der Waals surface area contributed by atoms with Gasteiger partial charge in [-0.15, -0.1) is 0 Å². The van der Waals surface area contributed by atoms with Gasteiger partial charge in [0.25, 0.3) is 0 Å². The Bertz CT molecular complexity index is 500. The highest BCUT2D eigenvalue weighted by molar-refractivity contribution is 5.88. The van der Waals surface area contributed by atoms with Gasteiger partial charge >= 0.3 is 0 Å². The molecule has 0 saturated carbocycles. The summed E-state index contributed by atoms with van der Waals surface area (Å²) >= 11 is 0. The largest absolute Gasteiger partial charge is 0.371 e. The van der Waals surface area contributed by atoms with Crippen LogP contribution in [0.5, 0.6) is 0 Å². The second-order valence-corrected chi connectivity index (χ2v) is 5.87. The summed E-state index contributed by atoms with van der Waals surface area (Å²) in [6.07, 6.45) is 1.24. The van der Waals surface area contributed by atoms with Crippen LogP contribution in [-0.2, 0) is 4.79 Å². The molecule has 1 aliphatic rings. The third-order valence-electron chi connectivity index (χ3n) is 4.19. The Morgan fingerprint density at radius 1 is 1.50 bits per heavy atom. The monoisotopic (exact) mass is 279 g/mol. The number of hydrogen-bond donors (Lipinski definition) is 2. The smallest absolute Gasteiger partial charge is 0.243 e. The van der Waals surface area contributed by atoms with Crippen LogP contribution in [0.25, 0.3) is 0 Å². The summed E-state index contributed by atoms with van der Waals surface area (Å²) in [7, 11) is 2.03. The van der Waals surface area contributed by atoms with E-state index in [9.17, 15) is 9.18 Å². The van der Waals surface area contributed by atoms with Gasteiger partial charge in [0.1, 0.15) is 11.4 Å². The molecule has 2 rings (SSSR count). The number of halogens is 1. The Hall–Kier alpha value is -1.62. The molecule has 5 heteroatoms. The van der Waals surface area contributed by atoms with E-state index in [1.54, 1.807) is 0 Å². The van der Waals surface area contributed by atoms with Crippen molar-refractivity contribution in [1.82, 2.24) is 4.90 Å². The first kappa shape index (κ1) is 14.8. The van der Waals surface area contributed by atoms with Gasteiger partial charge in [0.2, 0.25) is 5.91 Å². The van der Waals surface area contributed by atoms with Crippen LogP contribution in [0.3, 0.4) is 0 Å². The number of carbonyl (C=O) groups is 1. The summed E-state index contributed by atoms with van der Waals surface area (Å²) < 4.78 is 13.5. The van der Waals surface area contributed by atoms with E-state index in [0.717, 1.165) is 12.1 Å². The molecule has 1 heterocycles. The van der Waals surface area contributed by atoms with Crippen LogP contribution in [0.1, 0.15) is 25.3 Å². The van der Waals surface area contributed by atoms with Crippen molar-refractivity contribution in [3.8, 4) is 0 Å². The maximum absolute atomic E-state index is 13.5. The molecule has 1 saturated heterocycles. The van der Waals surface area contributed by atoms with E-state index in [4.69, 9.17) is 5.73 Å². The number of amides is 1. The van der Waals surface area contributed by atoms with Crippen molar-refractivity contribution in [2.45, 2.75) is 38.3 Å². The van der Waals surface area contributed by atoms with E-state index >= 15 is 0 Å². The van der Waals surface area contributed by atoms with Gasteiger partial charge in [-0.1, -0.05) is 0 Å². The molecule has 0 spiro atoms. The lowest BCUT2D eigenvalue weighted by molar-refractivity contribution is -0.124. The molecular weight excluding hydrogens is 257 g/mol. The van der Waals surface area contributed by atoms with Crippen molar-refractivity contribution in [2.75, 3.05) is 18.9 Å². The van der Waals surface area contributed by atoms with Crippen LogP contribution in [0.4, 0.5) is 10.1 Å². The second kappa shape index (κ2) is 5.40. The van der Waals surface area contributed by atoms with Crippen molar-refractivity contribution in [2.24, 2.45) is 5.73 Å². The minimum Gasteiger partial charge on any atom is -0.371 e. The number of carbonyl (C=O) groups excluding carboxylic acids is 1. The number of hydrogen-bond acceptors (Lipinski definition) is 3. The third-order valence-corrected chi connectivity index (χ3v) is 4.19. The molecule has 20 heavy (non-hydrogen) atoms. The molecule has 2 atom stereocenters. The first-order valence-corrected chi connectivity index (χ1v) is 6.88. The standard InChI is InChI=1S/C15H22FN3O/c1-10-6-12(16)8-13(7-10)18-15(14(17)20)4-5-19(3)11(2)9-15/h6-8,11,18H,4-5,9H2,1-3H3,(H2,17,20). The van der Waals surface area contributed by atoms with Crippen LogP contribution >= 0.6 is 0 Å². The van der Waals surface area contributed by atoms with E-state index in [-0.39, 0.29) is 17.8 Å². The Balaban J connectivity index is 2.28. The van der Waals surface area contributed by atoms with Gasteiger partial charge in [0, 0.05) is 18.3 Å². The fourth-order valence-corrected chi connectivity index (χ4v) is 2.83. The number of nitrogens with two attached hydrogens (primary N) is 1. The third kappa shape index (κ3) is 2.93. The first-order chi connectivity index (χ1) is 9.32. The van der Waals surface area contributed by atoms with Crippen molar-refractivity contribution >= 4 is 11.6 Å². The molecule has 0 bridgehead atoms. The zero-order valence-electron chi connectivity index (χ0n) is 12.2. The van der Waals surface area contributed by atoms with E-state index in [2.05, 4.69) is 17.1 Å².